The number of amides is 2. The van der Waals surface area contributed by atoms with E-state index in [1.807, 2.05) is 73.3 Å². The van der Waals surface area contributed by atoms with E-state index in [1.165, 1.54) is 0 Å². The van der Waals surface area contributed by atoms with Crippen LogP contribution in [0.5, 0.6) is 0 Å². The molecule has 0 aromatic heterocycles. The Labute approximate surface area is 183 Å². The molecule has 1 atom stereocenters. The molecule has 2 amide bonds. The molecule has 0 saturated carbocycles. The molecule has 1 heterocycles. The molecule has 1 unspecified atom stereocenters. The van der Waals surface area contributed by atoms with Crippen molar-refractivity contribution >= 4 is 27.3 Å². The molecule has 0 radical (unpaired) electrons. The van der Waals surface area contributed by atoms with Crippen LogP contribution in [-0.2, 0) is 26.0 Å². The van der Waals surface area contributed by atoms with Gasteiger partial charge in [0.2, 0.25) is 11.8 Å². The number of anilines is 1. The second-order valence-corrected chi connectivity index (χ2v) is 10.4. The van der Waals surface area contributed by atoms with Crippen LogP contribution in [0.4, 0.5) is 5.69 Å². The van der Waals surface area contributed by atoms with Gasteiger partial charge in [0.05, 0.1) is 11.5 Å². The molecule has 31 heavy (non-hydrogen) atoms. The van der Waals surface area contributed by atoms with Gasteiger partial charge >= 0.3 is 0 Å². The highest BCUT2D eigenvalue weighted by Gasteiger charge is 2.32. The zero-order valence-corrected chi connectivity index (χ0v) is 18.7. The molecule has 0 spiro atoms. The van der Waals surface area contributed by atoms with Gasteiger partial charge in [-0.05, 0) is 23.3 Å². The number of nitrogens with one attached hydrogen (secondary N) is 2. The van der Waals surface area contributed by atoms with Gasteiger partial charge in [0.15, 0.2) is 9.84 Å². The number of carbonyl (C=O) groups excluding carboxylic acids is 2. The number of carbonyl (C=O) groups is 2. The maximum absolute atomic E-state index is 13.1. The summed E-state index contributed by atoms with van der Waals surface area (Å²) >= 11 is 0. The lowest BCUT2D eigenvalue weighted by Crippen LogP contribution is -2.47. The van der Waals surface area contributed by atoms with E-state index in [-0.39, 0.29) is 29.2 Å². The first-order valence-corrected chi connectivity index (χ1v) is 12.2. The first kappa shape index (κ1) is 23.0. The Balaban J connectivity index is 1.66. The summed E-state index contributed by atoms with van der Waals surface area (Å²) in [7, 11) is -3.03. The fourth-order valence-corrected chi connectivity index (χ4v) is 4.66. The summed E-state index contributed by atoms with van der Waals surface area (Å²) in [6.45, 7) is 4.67. The maximum atomic E-state index is 13.1. The predicted octanol–water partition coefficient (Wildman–Crippen LogP) is 2.37. The Morgan fingerprint density at radius 2 is 1.55 bits per heavy atom. The first-order valence-electron chi connectivity index (χ1n) is 10.4. The Hall–Kier alpha value is -2.71. The second-order valence-electron chi connectivity index (χ2n) is 8.06. The predicted molar refractivity (Wildman–Crippen MR) is 121 cm³/mol. The smallest absolute Gasteiger partial charge is 0.242 e. The molecule has 2 N–H and O–H groups in total. The van der Waals surface area contributed by atoms with Gasteiger partial charge in [0.1, 0.15) is 6.04 Å². The van der Waals surface area contributed by atoms with E-state index in [4.69, 9.17) is 0 Å². The lowest BCUT2D eigenvalue weighted by atomic mass is 10.0. The van der Waals surface area contributed by atoms with Crippen LogP contribution in [0.25, 0.3) is 0 Å². The van der Waals surface area contributed by atoms with Crippen molar-refractivity contribution in [3.8, 4) is 0 Å². The largest absolute Gasteiger partial charge is 0.350 e. The Morgan fingerprint density at radius 3 is 2.13 bits per heavy atom. The van der Waals surface area contributed by atoms with Crippen LogP contribution in [0.3, 0.4) is 0 Å². The number of sulfone groups is 1. The van der Waals surface area contributed by atoms with Crippen LogP contribution in [0.15, 0.2) is 54.6 Å². The van der Waals surface area contributed by atoms with Crippen molar-refractivity contribution in [1.29, 1.82) is 0 Å². The summed E-state index contributed by atoms with van der Waals surface area (Å²) in [6.07, 6.45) is 0. The van der Waals surface area contributed by atoms with E-state index >= 15 is 0 Å². The number of benzene rings is 2. The third-order valence-electron chi connectivity index (χ3n) is 5.32. The van der Waals surface area contributed by atoms with Crippen LogP contribution < -0.4 is 10.6 Å². The summed E-state index contributed by atoms with van der Waals surface area (Å²) in [4.78, 5) is 26.8. The highest BCUT2D eigenvalue weighted by molar-refractivity contribution is 7.91. The molecule has 1 aliphatic rings. The standard InChI is InChI=1S/C23H29N3O4S/c1-17(2)22(27)25-20-10-8-18(9-11-20)16-24-23(28)21(19-6-4-3-5-7-19)26-12-14-31(29,30)15-13-26/h3-11,17,21H,12-16H2,1-2H3,(H,24,28)(H,25,27). The van der Waals surface area contributed by atoms with Crippen molar-refractivity contribution < 1.29 is 18.0 Å². The molecule has 3 rings (SSSR count). The highest BCUT2D eigenvalue weighted by Crippen LogP contribution is 2.23. The van der Waals surface area contributed by atoms with Crippen LogP contribution >= 0.6 is 0 Å². The van der Waals surface area contributed by atoms with Crippen molar-refractivity contribution in [3.05, 3.63) is 65.7 Å². The molecule has 2 aromatic carbocycles. The molecule has 0 bridgehead atoms. The molecule has 1 fully saturated rings. The van der Waals surface area contributed by atoms with Crippen LogP contribution in [0.2, 0.25) is 0 Å². The number of hydrogen-bond acceptors (Lipinski definition) is 5. The number of rotatable bonds is 7. The lowest BCUT2D eigenvalue weighted by molar-refractivity contribution is -0.126. The van der Waals surface area contributed by atoms with Crippen molar-refractivity contribution in [1.82, 2.24) is 10.2 Å². The van der Waals surface area contributed by atoms with Crippen molar-refractivity contribution in [2.75, 3.05) is 29.9 Å². The van der Waals surface area contributed by atoms with E-state index in [1.54, 1.807) is 0 Å². The lowest BCUT2D eigenvalue weighted by Gasteiger charge is -2.33. The summed E-state index contributed by atoms with van der Waals surface area (Å²) in [6, 6.07) is 16.2. The van der Waals surface area contributed by atoms with Gasteiger partial charge in [-0.3, -0.25) is 14.5 Å². The molecule has 0 aliphatic carbocycles. The maximum Gasteiger partial charge on any atom is 0.242 e. The molecule has 166 valence electrons. The van der Waals surface area contributed by atoms with Gasteiger partial charge in [0.25, 0.3) is 0 Å². The Bertz CT molecular complexity index is 991. The van der Waals surface area contributed by atoms with Gasteiger partial charge in [-0.1, -0.05) is 56.3 Å². The third kappa shape index (κ3) is 6.38. The molecule has 1 aliphatic heterocycles. The number of nitrogens with zero attached hydrogens (tertiary/aromatic N) is 1. The van der Waals surface area contributed by atoms with E-state index < -0.39 is 15.9 Å². The monoisotopic (exact) mass is 443 g/mol. The summed E-state index contributed by atoms with van der Waals surface area (Å²) in [5, 5.41) is 5.82. The first-order chi connectivity index (χ1) is 14.7. The Kier molecular flexibility index (Phi) is 7.46. The normalized spacial score (nSPS) is 17.1. The summed E-state index contributed by atoms with van der Waals surface area (Å²) in [5.74, 6) is -0.183. The average molecular weight is 444 g/mol. The minimum Gasteiger partial charge on any atom is -0.350 e. The zero-order valence-electron chi connectivity index (χ0n) is 17.9. The minimum atomic E-state index is -3.03. The quantitative estimate of drug-likeness (QED) is 0.685. The van der Waals surface area contributed by atoms with Gasteiger partial charge in [-0.25, -0.2) is 8.42 Å². The summed E-state index contributed by atoms with van der Waals surface area (Å²) < 4.78 is 23.6. The van der Waals surface area contributed by atoms with Gasteiger partial charge in [-0.2, -0.15) is 0 Å². The fourth-order valence-electron chi connectivity index (χ4n) is 3.43. The van der Waals surface area contributed by atoms with Crippen molar-refractivity contribution in [2.45, 2.75) is 26.4 Å². The van der Waals surface area contributed by atoms with Crippen LogP contribution in [0, 0.1) is 5.92 Å². The van der Waals surface area contributed by atoms with E-state index in [0.29, 0.717) is 25.3 Å². The topological polar surface area (TPSA) is 95.6 Å². The van der Waals surface area contributed by atoms with E-state index in [2.05, 4.69) is 10.6 Å². The molecular formula is C23H29N3O4S. The van der Waals surface area contributed by atoms with Crippen LogP contribution in [0.1, 0.15) is 31.0 Å². The zero-order chi connectivity index (χ0) is 22.4. The molecule has 1 saturated heterocycles. The molecule has 8 heteroatoms. The van der Waals surface area contributed by atoms with E-state index in [9.17, 15) is 18.0 Å². The number of hydrogen-bond donors (Lipinski definition) is 2. The SMILES string of the molecule is CC(C)C(=O)Nc1ccc(CNC(=O)C(c2ccccc2)N2CCS(=O)(=O)CC2)cc1. The van der Waals surface area contributed by atoms with E-state index in [0.717, 1.165) is 11.1 Å². The van der Waals surface area contributed by atoms with Crippen molar-refractivity contribution in [2.24, 2.45) is 5.92 Å². The second kappa shape index (κ2) is 10.1. The minimum absolute atomic E-state index is 0.0460. The average Bonchev–Trinajstić information content (AvgIpc) is 2.75. The van der Waals surface area contributed by atoms with Gasteiger partial charge < -0.3 is 10.6 Å². The van der Waals surface area contributed by atoms with Gasteiger partial charge in [0, 0.05) is 31.2 Å². The highest BCUT2D eigenvalue weighted by atomic mass is 32.2. The fraction of sp³-hybridized carbons (Fsp3) is 0.391. The van der Waals surface area contributed by atoms with Crippen molar-refractivity contribution in [3.63, 3.8) is 0 Å². The third-order valence-corrected chi connectivity index (χ3v) is 6.93. The van der Waals surface area contributed by atoms with Gasteiger partial charge in [-0.15, -0.1) is 0 Å². The molecule has 7 nitrogen and oxygen atoms in total. The summed E-state index contributed by atoms with van der Waals surface area (Å²) in [5.41, 5.74) is 2.46. The molecule has 2 aromatic rings. The van der Waals surface area contributed by atoms with Crippen LogP contribution in [-0.4, -0.2) is 49.7 Å². The Morgan fingerprint density at radius 1 is 0.935 bits per heavy atom. The molecular weight excluding hydrogens is 414 g/mol.